The zero-order valence-electron chi connectivity index (χ0n) is 9.80. The fourth-order valence-electron chi connectivity index (χ4n) is 1.25. The second-order valence-corrected chi connectivity index (χ2v) is 3.34. The van der Waals surface area contributed by atoms with E-state index in [0.717, 1.165) is 0 Å². The summed E-state index contributed by atoms with van der Waals surface area (Å²) in [5.41, 5.74) is 5.39. The fourth-order valence-corrected chi connectivity index (χ4v) is 1.25. The number of rotatable bonds is 5. The summed E-state index contributed by atoms with van der Waals surface area (Å²) in [6, 6.07) is 3.86. The van der Waals surface area contributed by atoms with E-state index in [1.54, 1.807) is 12.1 Å². The molecule has 0 heterocycles. The number of hydrogen-bond donors (Lipinski definition) is 3. The van der Waals surface area contributed by atoms with Gasteiger partial charge >= 0.3 is 6.03 Å². The molecule has 1 aromatic rings. The molecule has 0 aliphatic rings. The molecule has 0 aromatic heterocycles. The predicted octanol–water partition coefficient (Wildman–Crippen LogP) is -0.239. The number of aliphatic hydroxyl groups is 1. The van der Waals surface area contributed by atoms with Gasteiger partial charge in [-0.1, -0.05) is 6.07 Å². The third-order valence-electron chi connectivity index (χ3n) is 2.03. The fraction of sp³-hybridized carbons (Fsp3) is 0.273. The normalized spacial score (nSPS) is 9.67. The van der Waals surface area contributed by atoms with Gasteiger partial charge in [0, 0.05) is 0 Å². The number of aliphatic hydroxyl groups excluding tert-OH is 1. The maximum absolute atomic E-state index is 11.2. The van der Waals surface area contributed by atoms with Crippen molar-refractivity contribution in [2.45, 2.75) is 6.61 Å². The van der Waals surface area contributed by atoms with Gasteiger partial charge in [0.2, 0.25) is 0 Å². The first-order valence-electron chi connectivity index (χ1n) is 5.06. The van der Waals surface area contributed by atoms with Crippen LogP contribution in [0, 0.1) is 0 Å². The second-order valence-electron chi connectivity index (χ2n) is 3.34. The van der Waals surface area contributed by atoms with E-state index in [4.69, 9.17) is 20.3 Å². The molecule has 0 unspecified atom stereocenters. The van der Waals surface area contributed by atoms with Crippen molar-refractivity contribution in [3.05, 3.63) is 23.8 Å². The smallest absolute Gasteiger partial charge is 0.318 e. The predicted molar refractivity (Wildman–Crippen MR) is 62.1 cm³/mol. The highest BCUT2D eigenvalue weighted by Gasteiger charge is 2.09. The van der Waals surface area contributed by atoms with Gasteiger partial charge in [0.25, 0.3) is 5.91 Å². The highest BCUT2D eigenvalue weighted by molar-refractivity contribution is 5.94. The van der Waals surface area contributed by atoms with Crippen molar-refractivity contribution < 1.29 is 24.2 Å². The van der Waals surface area contributed by atoms with Gasteiger partial charge in [-0.15, -0.1) is 0 Å². The Kier molecular flexibility index (Phi) is 4.94. The highest BCUT2D eigenvalue weighted by Crippen LogP contribution is 2.27. The number of hydrogen-bond acceptors (Lipinski definition) is 5. The molecule has 1 aromatic carbocycles. The van der Waals surface area contributed by atoms with Crippen LogP contribution in [-0.4, -0.2) is 30.8 Å². The molecule has 4 N–H and O–H groups in total. The number of methoxy groups -OCH3 is 1. The first-order chi connectivity index (χ1) is 8.56. The number of carbonyl (C=O) groups is 2. The lowest BCUT2D eigenvalue weighted by Gasteiger charge is -2.11. The Bertz CT molecular complexity index is 447. The molecule has 1 rings (SSSR count). The Hall–Kier alpha value is -2.28. The number of nitrogens with one attached hydrogen (secondary N) is 1. The number of primary amides is 1. The summed E-state index contributed by atoms with van der Waals surface area (Å²) in [7, 11) is 1.45. The molecule has 7 heteroatoms. The van der Waals surface area contributed by atoms with Crippen molar-refractivity contribution in [3.63, 3.8) is 0 Å². The van der Waals surface area contributed by atoms with E-state index in [2.05, 4.69) is 0 Å². The van der Waals surface area contributed by atoms with Crippen LogP contribution in [0.3, 0.4) is 0 Å². The molecule has 3 amide bonds. The summed E-state index contributed by atoms with van der Waals surface area (Å²) < 4.78 is 10.2. The second kappa shape index (κ2) is 6.45. The van der Waals surface area contributed by atoms with Gasteiger partial charge in [0.05, 0.1) is 13.7 Å². The van der Waals surface area contributed by atoms with Crippen molar-refractivity contribution in [1.29, 1.82) is 0 Å². The number of carbonyl (C=O) groups excluding carboxylic acids is 2. The molecule has 0 saturated carbocycles. The molecule has 0 aliphatic heterocycles. The molecule has 0 saturated heterocycles. The molecule has 7 nitrogen and oxygen atoms in total. The van der Waals surface area contributed by atoms with E-state index in [1.165, 1.54) is 13.2 Å². The van der Waals surface area contributed by atoms with E-state index in [0.29, 0.717) is 17.1 Å². The molecule has 98 valence electrons. The molecule has 0 spiro atoms. The molecular formula is C11H14N2O5. The van der Waals surface area contributed by atoms with E-state index in [1.807, 2.05) is 5.32 Å². The number of urea groups is 1. The number of imide groups is 1. The lowest BCUT2D eigenvalue weighted by molar-refractivity contribution is -0.121. The average molecular weight is 254 g/mol. The van der Waals surface area contributed by atoms with Crippen molar-refractivity contribution in [2.24, 2.45) is 5.73 Å². The van der Waals surface area contributed by atoms with Gasteiger partial charge in [-0.25, -0.2) is 4.79 Å². The standard InChI is InChI=1S/C11H14N2O5/c1-17-8-3-2-7(5-14)4-9(8)18-6-10(15)13-11(12)16/h2-4,14H,5-6H2,1H3,(H3,12,13,15,16). The first-order valence-corrected chi connectivity index (χ1v) is 5.06. The highest BCUT2D eigenvalue weighted by atomic mass is 16.5. The average Bonchev–Trinajstić information content (AvgIpc) is 2.35. The van der Waals surface area contributed by atoms with Gasteiger partial charge < -0.3 is 20.3 Å². The van der Waals surface area contributed by atoms with Crippen molar-refractivity contribution in [3.8, 4) is 11.5 Å². The number of benzene rings is 1. The van der Waals surface area contributed by atoms with Gasteiger partial charge in [-0.3, -0.25) is 10.1 Å². The maximum Gasteiger partial charge on any atom is 0.318 e. The van der Waals surface area contributed by atoms with Crippen LogP contribution in [0.4, 0.5) is 4.79 Å². The Morgan fingerprint density at radius 2 is 2.11 bits per heavy atom. The monoisotopic (exact) mass is 254 g/mol. The van der Waals surface area contributed by atoms with Crippen LogP contribution in [-0.2, 0) is 11.4 Å². The van der Waals surface area contributed by atoms with Crippen molar-refractivity contribution >= 4 is 11.9 Å². The van der Waals surface area contributed by atoms with Gasteiger partial charge in [0.15, 0.2) is 18.1 Å². The largest absolute Gasteiger partial charge is 0.493 e. The van der Waals surface area contributed by atoms with E-state index < -0.39 is 11.9 Å². The van der Waals surface area contributed by atoms with Gasteiger partial charge in [0.1, 0.15) is 0 Å². The van der Waals surface area contributed by atoms with Crippen LogP contribution >= 0.6 is 0 Å². The van der Waals surface area contributed by atoms with Crippen LogP contribution in [0.25, 0.3) is 0 Å². The number of ether oxygens (including phenoxy) is 2. The molecule has 18 heavy (non-hydrogen) atoms. The molecule has 0 fully saturated rings. The Morgan fingerprint density at radius 3 is 2.67 bits per heavy atom. The Morgan fingerprint density at radius 1 is 1.39 bits per heavy atom. The first kappa shape index (κ1) is 13.8. The van der Waals surface area contributed by atoms with E-state index in [-0.39, 0.29) is 13.2 Å². The van der Waals surface area contributed by atoms with Crippen molar-refractivity contribution in [1.82, 2.24) is 5.32 Å². The Balaban J connectivity index is 2.70. The summed E-state index contributed by atoms with van der Waals surface area (Å²) >= 11 is 0. The van der Waals surface area contributed by atoms with Crippen LogP contribution < -0.4 is 20.5 Å². The quantitative estimate of drug-likeness (QED) is 0.671. The minimum Gasteiger partial charge on any atom is -0.493 e. The zero-order valence-corrected chi connectivity index (χ0v) is 9.80. The Labute approximate surface area is 103 Å². The summed E-state index contributed by atoms with van der Waals surface area (Å²) in [5, 5.41) is 10.8. The molecular weight excluding hydrogens is 240 g/mol. The molecule has 0 aliphatic carbocycles. The lowest BCUT2D eigenvalue weighted by atomic mass is 10.2. The molecule has 0 bridgehead atoms. The minimum absolute atomic E-state index is 0.159. The SMILES string of the molecule is COc1ccc(CO)cc1OCC(=O)NC(N)=O. The number of amides is 3. The number of nitrogens with two attached hydrogens (primary N) is 1. The summed E-state index contributed by atoms with van der Waals surface area (Å²) in [6.07, 6.45) is 0. The summed E-state index contributed by atoms with van der Waals surface area (Å²) in [4.78, 5) is 21.6. The third kappa shape index (κ3) is 3.95. The van der Waals surface area contributed by atoms with Crippen LogP contribution in [0.2, 0.25) is 0 Å². The van der Waals surface area contributed by atoms with E-state index in [9.17, 15) is 9.59 Å². The summed E-state index contributed by atoms with van der Waals surface area (Å²) in [5.74, 6) is 0.0432. The lowest BCUT2D eigenvalue weighted by Crippen LogP contribution is -2.38. The maximum atomic E-state index is 11.2. The van der Waals surface area contributed by atoms with Gasteiger partial charge in [-0.05, 0) is 17.7 Å². The van der Waals surface area contributed by atoms with E-state index >= 15 is 0 Å². The van der Waals surface area contributed by atoms with Gasteiger partial charge in [-0.2, -0.15) is 0 Å². The minimum atomic E-state index is -0.945. The molecule has 0 atom stereocenters. The summed E-state index contributed by atoms with van der Waals surface area (Å²) in [6.45, 7) is -0.540. The topological polar surface area (TPSA) is 111 Å². The van der Waals surface area contributed by atoms with Crippen LogP contribution in [0.1, 0.15) is 5.56 Å². The molecule has 0 radical (unpaired) electrons. The van der Waals surface area contributed by atoms with Crippen LogP contribution in [0.5, 0.6) is 11.5 Å². The zero-order chi connectivity index (χ0) is 13.5. The third-order valence-corrected chi connectivity index (χ3v) is 2.03. The van der Waals surface area contributed by atoms with Crippen molar-refractivity contribution in [2.75, 3.05) is 13.7 Å². The van der Waals surface area contributed by atoms with Crippen LogP contribution in [0.15, 0.2) is 18.2 Å².